The Morgan fingerprint density at radius 1 is 1.12 bits per heavy atom. The van der Waals surface area contributed by atoms with Crippen LogP contribution >= 0.6 is 23.2 Å². The first kappa shape index (κ1) is 16.4. The fourth-order valence-electron chi connectivity index (χ4n) is 2.36. The van der Waals surface area contributed by atoms with Gasteiger partial charge in [-0.05, 0) is 24.3 Å². The number of ether oxygens (including phenoxy) is 1. The second kappa shape index (κ2) is 6.22. The molecule has 3 aromatic rings. The van der Waals surface area contributed by atoms with E-state index < -0.39 is 5.97 Å². The van der Waals surface area contributed by atoms with Crippen molar-refractivity contribution in [1.29, 1.82) is 0 Å². The Bertz CT molecular complexity index is 962. The molecule has 0 aliphatic rings. The largest absolute Gasteiger partial charge is 0.465 e. The summed E-state index contributed by atoms with van der Waals surface area (Å²) in [6.45, 7) is 1.40. The van der Waals surface area contributed by atoms with Gasteiger partial charge < -0.3 is 4.74 Å². The molecule has 0 amide bonds. The summed E-state index contributed by atoms with van der Waals surface area (Å²) in [7, 11) is 1.28. The lowest BCUT2D eigenvalue weighted by atomic mass is 10.1. The Balaban J connectivity index is 2.31. The summed E-state index contributed by atoms with van der Waals surface area (Å²) >= 11 is 12.1. The third kappa shape index (κ3) is 2.86. The summed E-state index contributed by atoms with van der Waals surface area (Å²) in [5, 5.41) is 5.05. The van der Waals surface area contributed by atoms with Crippen molar-refractivity contribution >= 4 is 40.6 Å². The zero-order valence-corrected chi connectivity index (χ0v) is 14.2. The molecule has 0 saturated heterocycles. The van der Waals surface area contributed by atoms with Crippen molar-refractivity contribution in [3.05, 3.63) is 51.8 Å². The van der Waals surface area contributed by atoms with Crippen molar-refractivity contribution in [3.8, 4) is 11.3 Å². The van der Waals surface area contributed by atoms with Gasteiger partial charge in [0.05, 0.1) is 18.9 Å². The van der Waals surface area contributed by atoms with Crippen molar-refractivity contribution in [3.63, 3.8) is 0 Å². The first-order chi connectivity index (χ1) is 11.4. The molecule has 0 bridgehead atoms. The Hall–Kier alpha value is -2.44. The molecule has 8 heteroatoms. The monoisotopic (exact) mass is 363 g/mol. The van der Waals surface area contributed by atoms with Crippen molar-refractivity contribution in [2.45, 2.75) is 6.92 Å². The molecule has 0 atom stereocenters. The number of fused-ring (bicyclic) bond motifs is 1. The maximum Gasteiger partial charge on any atom is 0.339 e. The molecule has 2 aromatic heterocycles. The first-order valence-electron chi connectivity index (χ1n) is 6.85. The average Bonchev–Trinajstić information content (AvgIpc) is 2.92. The molecule has 0 fully saturated rings. The van der Waals surface area contributed by atoms with Crippen LogP contribution < -0.4 is 0 Å². The van der Waals surface area contributed by atoms with Crippen LogP contribution in [0.25, 0.3) is 16.9 Å². The van der Waals surface area contributed by atoms with Gasteiger partial charge in [-0.2, -0.15) is 5.10 Å². The SMILES string of the molecule is COC(=O)c1cnn2c(-c3cc(Cl)cc(Cl)c3)c(C(C)=O)nc2c1. The number of carbonyl (C=O) groups is 2. The van der Waals surface area contributed by atoms with Gasteiger partial charge in [0.2, 0.25) is 0 Å². The topological polar surface area (TPSA) is 73.6 Å². The Morgan fingerprint density at radius 3 is 2.38 bits per heavy atom. The second-order valence-electron chi connectivity index (χ2n) is 5.03. The van der Waals surface area contributed by atoms with Gasteiger partial charge in [-0.25, -0.2) is 14.3 Å². The molecule has 0 unspecified atom stereocenters. The molecule has 3 rings (SSSR count). The smallest absolute Gasteiger partial charge is 0.339 e. The van der Waals surface area contributed by atoms with E-state index in [4.69, 9.17) is 23.2 Å². The summed E-state index contributed by atoms with van der Waals surface area (Å²) in [4.78, 5) is 27.9. The quantitative estimate of drug-likeness (QED) is 0.524. The van der Waals surface area contributed by atoms with E-state index in [9.17, 15) is 9.59 Å². The number of hydrogen-bond donors (Lipinski definition) is 0. The normalized spacial score (nSPS) is 10.8. The molecule has 0 spiro atoms. The van der Waals surface area contributed by atoms with Gasteiger partial charge in [-0.15, -0.1) is 0 Å². The number of hydrogen-bond acceptors (Lipinski definition) is 5. The van der Waals surface area contributed by atoms with E-state index in [-0.39, 0.29) is 17.0 Å². The molecule has 6 nitrogen and oxygen atoms in total. The fourth-order valence-corrected chi connectivity index (χ4v) is 2.89. The van der Waals surface area contributed by atoms with Crippen LogP contribution in [0.3, 0.4) is 0 Å². The third-order valence-corrected chi connectivity index (χ3v) is 3.80. The van der Waals surface area contributed by atoms with Crippen molar-refractivity contribution in [2.75, 3.05) is 7.11 Å². The summed E-state index contributed by atoms with van der Waals surface area (Å²) in [6, 6.07) is 6.42. The lowest BCUT2D eigenvalue weighted by Crippen LogP contribution is -2.04. The van der Waals surface area contributed by atoms with Gasteiger partial charge in [0, 0.05) is 22.5 Å². The van der Waals surface area contributed by atoms with Crippen LogP contribution in [0.1, 0.15) is 27.8 Å². The number of Topliss-reactive ketones (excluding diaryl/α,β-unsaturated/α-hetero) is 1. The summed E-state index contributed by atoms with van der Waals surface area (Å²) in [5.74, 6) is -0.782. The van der Waals surface area contributed by atoms with Crippen molar-refractivity contribution in [1.82, 2.24) is 14.6 Å². The van der Waals surface area contributed by atoms with Crippen molar-refractivity contribution < 1.29 is 14.3 Å². The number of halogens is 2. The number of imidazole rings is 1. The average molecular weight is 364 g/mol. The number of nitrogens with zero attached hydrogens (tertiary/aromatic N) is 3. The van der Waals surface area contributed by atoms with Crippen LogP contribution in [0, 0.1) is 0 Å². The van der Waals surface area contributed by atoms with Crippen LogP contribution in [0.5, 0.6) is 0 Å². The molecule has 0 saturated carbocycles. The maximum atomic E-state index is 12.0. The molecule has 0 aliphatic carbocycles. The summed E-state index contributed by atoms with van der Waals surface area (Å²) in [5.41, 5.74) is 1.85. The minimum absolute atomic E-state index is 0.211. The molecular formula is C16H11Cl2N3O3. The van der Waals surface area contributed by atoms with Crippen LogP contribution in [-0.2, 0) is 4.74 Å². The van der Waals surface area contributed by atoms with E-state index in [1.807, 2.05) is 0 Å². The van der Waals surface area contributed by atoms with Gasteiger partial charge in [-0.3, -0.25) is 4.79 Å². The molecule has 2 heterocycles. The highest BCUT2D eigenvalue weighted by Crippen LogP contribution is 2.30. The molecule has 0 aliphatic heterocycles. The van der Waals surface area contributed by atoms with Crippen LogP contribution in [0.2, 0.25) is 10.0 Å². The lowest BCUT2D eigenvalue weighted by molar-refractivity contribution is 0.0600. The minimum Gasteiger partial charge on any atom is -0.465 e. The van der Waals surface area contributed by atoms with Gasteiger partial charge in [0.1, 0.15) is 11.4 Å². The predicted molar refractivity (Wildman–Crippen MR) is 89.8 cm³/mol. The maximum absolute atomic E-state index is 12.0. The van der Waals surface area contributed by atoms with Crippen LogP contribution in [0.15, 0.2) is 30.5 Å². The second-order valence-corrected chi connectivity index (χ2v) is 5.90. The van der Waals surface area contributed by atoms with Gasteiger partial charge in [0.25, 0.3) is 0 Å². The van der Waals surface area contributed by atoms with E-state index in [1.54, 1.807) is 18.2 Å². The number of benzene rings is 1. The van der Waals surface area contributed by atoms with E-state index in [1.165, 1.54) is 30.8 Å². The zero-order chi connectivity index (χ0) is 17.4. The fraction of sp³-hybridized carbons (Fsp3) is 0.125. The highest BCUT2D eigenvalue weighted by molar-refractivity contribution is 6.35. The zero-order valence-electron chi connectivity index (χ0n) is 12.7. The highest BCUT2D eigenvalue weighted by Gasteiger charge is 2.20. The van der Waals surface area contributed by atoms with E-state index >= 15 is 0 Å². The van der Waals surface area contributed by atoms with E-state index in [2.05, 4.69) is 14.8 Å². The highest BCUT2D eigenvalue weighted by atomic mass is 35.5. The molecule has 0 N–H and O–H groups in total. The Labute approximate surface area is 147 Å². The number of esters is 1. The summed E-state index contributed by atoms with van der Waals surface area (Å²) < 4.78 is 6.13. The molecule has 122 valence electrons. The van der Waals surface area contributed by atoms with Gasteiger partial charge >= 0.3 is 5.97 Å². The Kier molecular flexibility index (Phi) is 4.26. The lowest BCUT2D eigenvalue weighted by Gasteiger charge is -2.05. The molecule has 0 radical (unpaired) electrons. The number of aromatic nitrogens is 3. The van der Waals surface area contributed by atoms with Gasteiger partial charge in [-0.1, -0.05) is 23.2 Å². The number of carbonyl (C=O) groups excluding carboxylic acids is 2. The van der Waals surface area contributed by atoms with E-state index in [0.717, 1.165) is 0 Å². The molecule has 1 aromatic carbocycles. The van der Waals surface area contributed by atoms with Crippen LogP contribution in [-0.4, -0.2) is 33.5 Å². The number of ketones is 1. The van der Waals surface area contributed by atoms with E-state index in [0.29, 0.717) is 26.9 Å². The summed E-state index contributed by atoms with van der Waals surface area (Å²) in [6.07, 6.45) is 1.35. The predicted octanol–water partition coefficient (Wildman–Crippen LogP) is 3.69. The molecule has 24 heavy (non-hydrogen) atoms. The molecular weight excluding hydrogens is 353 g/mol. The van der Waals surface area contributed by atoms with Gasteiger partial charge in [0.15, 0.2) is 11.4 Å². The first-order valence-corrected chi connectivity index (χ1v) is 7.61. The number of methoxy groups -OCH3 is 1. The van der Waals surface area contributed by atoms with Crippen molar-refractivity contribution in [2.24, 2.45) is 0 Å². The minimum atomic E-state index is -0.537. The standard InChI is InChI=1S/C16H11Cl2N3O3/c1-8(22)14-15(9-3-11(17)6-12(18)4-9)21-13(20-14)5-10(7-19-21)16(23)24-2/h3-7H,1-2H3. The third-order valence-electron chi connectivity index (χ3n) is 3.37. The van der Waals surface area contributed by atoms with Crippen LogP contribution in [0.4, 0.5) is 0 Å². The number of rotatable bonds is 3. The Morgan fingerprint density at radius 2 is 1.79 bits per heavy atom.